The zero-order valence-electron chi connectivity index (χ0n) is 9.38. The Hall–Kier alpha value is -0.830. The van der Waals surface area contributed by atoms with Gasteiger partial charge in [0.05, 0.1) is 12.6 Å². The van der Waals surface area contributed by atoms with E-state index in [-0.39, 0.29) is 18.6 Å². The van der Waals surface area contributed by atoms with E-state index in [1.807, 2.05) is 6.92 Å². The van der Waals surface area contributed by atoms with Crippen molar-refractivity contribution >= 4 is 5.97 Å². The van der Waals surface area contributed by atoms with Gasteiger partial charge >= 0.3 is 5.97 Å². The van der Waals surface area contributed by atoms with Crippen LogP contribution in [0.4, 0.5) is 0 Å². The van der Waals surface area contributed by atoms with Gasteiger partial charge in [0.2, 0.25) is 0 Å². The fourth-order valence-electron chi connectivity index (χ4n) is 1.25. The van der Waals surface area contributed by atoms with Crippen LogP contribution in [0.1, 0.15) is 27.2 Å². The highest BCUT2D eigenvalue weighted by Gasteiger charge is 2.10. The van der Waals surface area contributed by atoms with Crippen molar-refractivity contribution in [3.05, 3.63) is 12.7 Å². The number of esters is 1. The topological polar surface area (TPSA) is 38.3 Å². The van der Waals surface area contributed by atoms with Crippen molar-refractivity contribution in [2.24, 2.45) is 5.92 Å². The summed E-state index contributed by atoms with van der Waals surface area (Å²) in [6.07, 6.45) is 2.63. The second kappa shape index (κ2) is 7.56. The predicted molar refractivity (Wildman–Crippen MR) is 58.1 cm³/mol. The zero-order chi connectivity index (χ0) is 11.0. The standard InChI is InChI=1S/C11H21NO2/c1-5-6-12-8-11(13)14-10(4)7-9(2)3/h5,9-10,12H,1,6-8H2,2-4H3. The lowest BCUT2D eigenvalue weighted by atomic mass is 10.1. The van der Waals surface area contributed by atoms with Gasteiger partial charge < -0.3 is 10.1 Å². The largest absolute Gasteiger partial charge is 0.462 e. The monoisotopic (exact) mass is 199 g/mol. The summed E-state index contributed by atoms with van der Waals surface area (Å²) in [6, 6.07) is 0. The molecule has 0 fully saturated rings. The highest BCUT2D eigenvalue weighted by molar-refractivity contribution is 5.71. The minimum absolute atomic E-state index is 0.00744. The van der Waals surface area contributed by atoms with Gasteiger partial charge in [-0.2, -0.15) is 0 Å². The molecular formula is C11H21NO2. The molecule has 1 atom stereocenters. The summed E-state index contributed by atoms with van der Waals surface area (Å²) in [5.74, 6) is 0.360. The Bertz CT molecular complexity index is 178. The lowest BCUT2D eigenvalue weighted by Crippen LogP contribution is -2.27. The summed E-state index contributed by atoms with van der Waals surface area (Å²) >= 11 is 0. The quantitative estimate of drug-likeness (QED) is 0.385. The lowest BCUT2D eigenvalue weighted by molar-refractivity contribution is -0.147. The fraction of sp³-hybridized carbons (Fsp3) is 0.727. The van der Waals surface area contributed by atoms with E-state index in [9.17, 15) is 4.79 Å². The van der Waals surface area contributed by atoms with Crippen molar-refractivity contribution in [2.75, 3.05) is 13.1 Å². The van der Waals surface area contributed by atoms with Crippen molar-refractivity contribution < 1.29 is 9.53 Å². The molecule has 82 valence electrons. The van der Waals surface area contributed by atoms with E-state index in [4.69, 9.17) is 4.74 Å². The molecule has 0 spiro atoms. The Labute approximate surface area is 86.5 Å². The first-order valence-corrected chi connectivity index (χ1v) is 5.07. The third-order valence-electron chi connectivity index (χ3n) is 1.69. The van der Waals surface area contributed by atoms with Crippen molar-refractivity contribution in [2.45, 2.75) is 33.3 Å². The SMILES string of the molecule is C=CCNCC(=O)OC(C)CC(C)C. The number of ether oxygens (including phenoxy) is 1. The van der Waals surface area contributed by atoms with Crippen molar-refractivity contribution in [1.82, 2.24) is 5.32 Å². The molecule has 1 N–H and O–H groups in total. The summed E-state index contributed by atoms with van der Waals surface area (Å²) in [5.41, 5.74) is 0. The minimum atomic E-state index is -0.194. The van der Waals surface area contributed by atoms with E-state index in [2.05, 4.69) is 25.7 Å². The Balaban J connectivity index is 3.55. The van der Waals surface area contributed by atoms with Gasteiger partial charge in [-0.25, -0.2) is 0 Å². The summed E-state index contributed by atoms with van der Waals surface area (Å²) in [4.78, 5) is 11.2. The maximum Gasteiger partial charge on any atom is 0.320 e. The molecule has 0 radical (unpaired) electrons. The number of nitrogens with one attached hydrogen (secondary N) is 1. The van der Waals surface area contributed by atoms with E-state index in [1.54, 1.807) is 6.08 Å². The van der Waals surface area contributed by atoms with Crippen LogP contribution in [0.2, 0.25) is 0 Å². The van der Waals surface area contributed by atoms with E-state index in [1.165, 1.54) is 0 Å². The minimum Gasteiger partial charge on any atom is -0.462 e. The van der Waals surface area contributed by atoms with Crippen molar-refractivity contribution in [3.63, 3.8) is 0 Å². The van der Waals surface area contributed by atoms with Crippen LogP contribution >= 0.6 is 0 Å². The summed E-state index contributed by atoms with van der Waals surface area (Å²) in [7, 11) is 0. The molecule has 0 amide bonds. The van der Waals surface area contributed by atoms with Crippen LogP contribution in [0, 0.1) is 5.92 Å². The molecule has 0 saturated carbocycles. The highest BCUT2D eigenvalue weighted by Crippen LogP contribution is 2.07. The molecule has 0 aromatic heterocycles. The molecular weight excluding hydrogens is 178 g/mol. The second-order valence-electron chi connectivity index (χ2n) is 3.85. The van der Waals surface area contributed by atoms with Gasteiger partial charge in [-0.3, -0.25) is 4.79 Å². The Morgan fingerprint density at radius 2 is 2.14 bits per heavy atom. The molecule has 0 aliphatic carbocycles. The first-order chi connectivity index (χ1) is 6.56. The summed E-state index contributed by atoms with van der Waals surface area (Å²) < 4.78 is 5.17. The highest BCUT2D eigenvalue weighted by atomic mass is 16.5. The zero-order valence-corrected chi connectivity index (χ0v) is 9.38. The lowest BCUT2D eigenvalue weighted by Gasteiger charge is -2.15. The first-order valence-electron chi connectivity index (χ1n) is 5.07. The van der Waals surface area contributed by atoms with Crippen LogP contribution in [0.5, 0.6) is 0 Å². The molecule has 1 unspecified atom stereocenters. The van der Waals surface area contributed by atoms with Gasteiger partial charge in [0.25, 0.3) is 0 Å². The van der Waals surface area contributed by atoms with E-state index in [0.29, 0.717) is 12.5 Å². The van der Waals surface area contributed by atoms with Gasteiger partial charge in [0.15, 0.2) is 0 Å². The van der Waals surface area contributed by atoms with Gasteiger partial charge in [0, 0.05) is 6.54 Å². The average molecular weight is 199 g/mol. The molecule has 0 aromatic carbocycles. The summed E-state index contributed by atoms with van der Waals surface area (Å²) in [5, 5.41) is 2.90. The maximum atomic E-state index is 11.2. The molecule has 0 aliphatic heterocycles. The summed E-state index contributed by atoms with van der Waals surface area (Å²) in [6.45, 7) is 10.6. The normalized spacial score (nSPS) is 12.6. The first kappa shape index (κ1) is 13.2. The number of hydrogen-bond donors (Lipinski definition) is 1. The number of carbonyl (C=O) groups is 1. The van der Waals surface area contributed by atoms with Gasteiger partial charge in [-0.1, -0.05) is 19.9 Å². The van der Waals surface area contributed by atoms with E-state index >= 15 is 0 Å². The van der Waals surface area contributed by atoms with Crippen LogP contribution in [0.3, 0.4) is 0 Å². The fourth-order valence-corrected chi connectivity index (χ4v) is 1.25. The number of rotatable bonds is 7. The molecule has 0 aromatic rings. The van der Waals surface area contributed by atoms with Crippen LogP contribution in [0.15, 0.2) is 12.7 Å². The van der Waals surface area contributed by atoms with Gasteiger partial charge in [-0.05, 0) is 19.3 Å². The predicted octanol–water partition coefficient (Wildman–Crippen LogP) is 1.74. The smallest absolute Gasteiger partial charge is 0.320 e. The Morgan fingerprint density at radius 1 is 1.50 bits per heavy atom. The third-order valence-corrected chi connectivity index (χ3v) is 1.69. The third kappa shape index (κ3) is 7.80. The number of hydrogen-bond acceptors (Lipinski definition) is 3. The molecule has 0 heterocycles. The van der Waals surface area contributed by atoms with Gasteiger partial charge in [-0.15, -0.1) is 6.58 Å². The van der Waals surface area contributed by atoms with Crippen LogP contribution < -0.4 is 5.32 Å². The van der Waals surface area contributed by atoms with Crippen LogP contribution in [0.25, 0.3) is 0 Å². The van der Waals surface area contributed by atoms with E-state index in [0.717, 1.165) is 6.42 Å². The molecule has 3 nitrogen and oxygen atoms in total. The molecule has 14 heavy (non-hydrogen) atoms. The molecule has 0 aliphatic rings. The molecule has 0 rings (SSSR count). The molecule has 0 bridgehead atoms. The second-order valence-corrected chi connectivity index (χ2v) is 3.85. The maximum absolute atomic E-state index is 11.2. The molecule has 0 saturated heterocycles. The number of carbonyl (C=O) groups excluding carboxylic acids is 1. The molecule has 3 heteroatoms. The Kier molecular flexibility index (Phi) is 7.11. The Morgan fingerprint density at radius 3 is 2.64 bits per heavy atom. The van der Waals surface area contributed by atoms with Gasteiger partial charge in [0.1, 0.15) is 0 Å². The van der Waals surface area contributed by atoms with Crippen LogP contribution in [-0.2, 0) is 9.53 Å². The van der Waals surface area contributed by atoms with Crippen LogP contribution in [-0.4, -0.2) is 25.2 Å². The van der Waals surface area contributed by atoms with Crippen molar-refractivity contribution in [1.29, 1.82) is 0 Å². The van der Waals surface area contributed by atoms with E-state index < -0.39 is 0 Å². The average Bonchev–Trinajstić information content (AvgIpc) is 2.02. The van der Waals surface area contributed by atoms with Crippen molar-refractivity contribution in [3.8, 4) is 0 Å².